The van der Waals surface area contributed by atoms with Gasteiger partial charge in [0.05, 0.1) is 30.1 Å². The minimum atomic E-state index is -1.30. The zero-order chi connectivity index (χ0) is 26.4. The number of likely N-dealkylation sites (tertiary alicyclic amines) is 1. The van der Waals surface area contributed by atoms with Gasteiger partial charge in [-0.1, -0.05) is 62.3 Å². The number of amides is 3. The summed E-state index contributed by atoms with van der Waals surface area (Å²) in [6, 6.07) is 7.87. The van der Waals surface area contributed by atoms with E-state index in [1.807, 2.05) is 61.6 Å². The molecular formula is C29H37N3O5. The van der Waals surface area contributed by atoms with Crippen LogP contribution in [-0.2, 0) is 19.1 Å². The number of nitrogens with zero attached hydrogens (tertiary/aromatic N) is 3. The molecule has 1 aromatic carbocycles. The van der Waals surface area contributed by atoms with Crippen molar-refractivity contribution in [3.05, 3.63) is 54.6 Å². The van der Waals surface area contributed by atoms with E-state index in [4.69, 9.17) is 4.74 Å². The highest BCUT2D eigenvalue weighted by Gasteiger charge is 2.75. The first-order chi connectivity index (χ1) is 17.8. The number of hydrogen-bond acceptors (Lipinski definition) is 5. The molecule has 0 aromatic heterocycles. The summed E-state index contributed by atoms with van der Waals surface area (Å²) in [4.78, 5) is 47.5. The van der Waals surface area contributed by atoms with Crippen molar-refractivity contribution in [3.63, 3.8) is 0 Å². The Labute approximate surface area is 218 Å². The van der Waals surface area contributed by atoms with Crippen molar-refractivity contribution < 1.29 is 24.2 Å². The lowest BCUT2D eigenvalue weighted by Gasteiger charge is -2.39. The van der Waals surface area contributed by atoms with Gasteiger partial charge in [-0.05, 0) is 32.4 Å². The number of anilines is 1. The van der Waals surface area contributed by atoms with Crippen molar-refractivity contribution in [1.82, 2.24) is 9.80 Å². The summed E-state index contributed by atoms with van der Waals surface area (Å²) in [5.41, 5.74) is -1.61. The van der Waals surface area contributed by atoms with Gasteiger partial charge in [0, 0.05) is 25.3 Å². The van der Waals surface area contributed by atoms with Crippen LogP contribution >= 0.6 is 0 Å². The van der Waals surface area contributed by atoms with Gasteiger partial charge in [0.25, 0.3) is 0 Å². The maximum atomic E-state index is 14.2. The molecule has 8 heteroatoms. The summed E-state index contributed by atoms with van der Waals surface area (Å²) in [5, 5.41) is 10.1. The van der Waals surface area contributed by atoms with Crippen LogP contribution in [0, 0.1) is 11.8 Å². The molecule has 1 unspecified atom stereocenters. The normalized spacial score (nSPS) is 33.8. The summed E-state index contributed by atoms with van der Waals surface area (Å²) in [5.74, 6) is -2.40. The number of carbonyl (C=O) groups excluding carboxylic acids is 3. The molecule has 4 aliphatic rings. The van der Waals surface area contributed by atoms with Crippen molar-refractivity contribution in [2.45, 2.75) is 63.3 Å². The summed E-state index contributed by atoms with van der Waals surface area (Å²) >= 11 is 0. The van der Waals surface area contributed by atoms with Gasteiger partial charge in [0.2, 0.25) is 17.7 Å². The van der Waals surface area contributed by atoms with Crippen LogP contribution in [0.3, 0.4) is 0 Å². The molecule has 2 fully saturated rings. The van der Waals surface area contributed by atoms with E-state index in [0.717, 1.165) is 24.9 Å². The van der Waals surface area contributed by atoms with E-state index in [1.54, 1.807) is 16.7 Å². The molecule has 3 amide bonds. The quantitative estimate of drug-likeness (QED) is 0.453. The SMILES string of the molecule is CCCCCN1CC=C[C@]23O[C@@]4(C)C=CCN(c5ccccc5)C(=O)[C@H]4[C@H]2C(=O)N([C@H](C)CO)C3C1=O. The van der Waals surface area contributed by atoms with Gasteiger partial charge in [0.1, 0.15) is 11.6 Å². The molecule has 0 saturated carbocycles. The minimum Gasteiger partial charge on any atom is -0.394 e. The number of aliphatic hydroxyl groups is 1. The second-order valence-electron chi connectivity index (χ2n) is 10.9. The molecule has 1 spiro atoms. The first-order valence-electron chi connectivity index (χ1n) is 13.4. The number of rotatable bonds is 7. The van der Waals surface area contributed by atoms with Crippen LogP contribution in [0.2, 0.25) is 0 Å². The molecule has 6 atom stereocenters. The maximum absolute atomic E-state index is 14.2. The topological polar surface area (TPSA) is 90.4 Å². The zero-order valence-corrected chi connectivity index (χ0v) is 21.9. The maximum Gasteiger partial charge on any atom is 0.249 e. The Morgan fingerprint density at radius 2 is 1.73 bits per heavy atom. The van der Waals surface area contributed by atoms with Crippen LogP contribution in [0.1, 0.15) is 40.0 Å². The molecular weight excluding hydrogens is 470 g/mol. The molecule has 0 radical (unpaired) electrons. The molecule has 198 valence electrons. The van der Waals surface area contributed by atoms with Crippen LogP contribution in [-0.4, -0.2) is 82.2 Å². The van der Waals surface area contributed by atoms with E-state index in [9.17, 15) is 19.5 Å². The van der Waals surface area contributed by atoms with E-state index >= 15 is 0 Å². The largest absolute Gasteiger partial charge is 0.394 e. The van der Waals surface area contributed by atoms with E-state index in [0.29, 0.717) is 19.6 Å². The number of unbranched alkanes of at least 4 members (excludes halogenated alkanes) is 2. The van der Waals surface area contributed by atoms with Crippen LogP contribution < -0.4 is 4.90 Å². The second kappa shape index (κ2) is 9.72. The minimum absolute atomic E-state index is 0.186. The van der Waals surface area contributed by atoms with Crippen molar-refractivity contribution in [1.29, 1.82) is 0 Å². The Morgan fingerprint density at radius 1 is 1.00 bits per heavy atom. The predicted molar refractivity (Wildman–Crippen MR) is 140 cm³/mol. The third kappa shape index (κ3) is 3.92. The molecule has 4 aliphatic heterocycles. The fourth-order valence-corrected chi connectivity index (χ4v) is 6.66. The lowest BCUT2D eigenvalue weighted by atomic mass is 9.74. The lowest BCUT2D eigenvalue weighted by Crippen LogP contribution is -2.58. The Kier molecular flexibility index (Phi) is 6.75. The number of fused-ring (bicyclic) bond motifs is 2. The summed E-state index contributed by atoms with van der Waals surface area (Å²) in [6.07, 6.45) is 10.5. The van der Waals surface area contributed by atoms with Crippen LogP contribution in [0.25, 0.3) is 0 Å². The smallest absolute Gasteiger partial charge is 0.249 e. The van der Waals surface area contributed by atoms with Gasteiger partial charge in [-0.15, -0.1) is 0 Å². The van der Waals surface area contributed by atoms with Crippen molar-refractivity contribution >= 4 is 23.4 Å². The summed E-state index contributed by atoms with van der Waals surface area (Å²) in [7, 11) is 0. The number of carbonyl (C=O) groups is 3. The van der Waals surface area contributed by atoms with Crippen LogP contribution in [0.15, 0.2) is 54.6 Å². The molecule has 4 heterocycles. The van der Waals surface area contributed by atoms with Crippen molar-refractivity contribution in [2.75, 3.05) is 31.1 Å². The average molecular weight is 508 g/mol. The van der Waals surface area contributed by atoms with Crippen LogP contribution in [0.4, 0.5) is 5.69 Å². The van der Waals surface area contributed by atoms with E-state index < -0.39 is 35.1 Å². The number of ether oxygens (including phenoxy) is 1. The van der Waals surface area contributed by atoms with Gasteiger partial charge in [0.15, 0.2) is 0 Å². The molecule has 2 saturated heterocycles. The van der Waals surface area contributed by atoms with Gasteiger partial charge >= 0.3 is 0 Å². The van der Waals surface area contributed by atoms with E-state index in [2.05, 4.69) is 6.92 Å². The number of benzene rings is 1. The number of hydrogen-bond donors (Lipinski definition) is 1. The molecule has 0 bridgehead atoms. The number of aliphatic hydroxyl groups excluding tert-OH is 1. The summed E-state index contributed by atoms with van der Waals surface area (Å²) < 4.78 is 6.81. The third-order valence-electron chi connectivity index (χ3n) is 8.42. The molecule has 5 rings (SSSR count). The highest BCUT2D eigenvalue weighted by atomic mass is 16.5. The van der Waals surface area contributed by atoms with E-state index in [-0.39, 0.29) is 24.3 Å². The molecule has 8 nitrogen and oxygen atoms in total. The average Bonchev–Trinajstić information content (AvgIpc) is 3.17. The zero-order valence-electron chi connectivity index (χ0n) is 21.9. The Balaban J connectivity index is 1.60. The fraction of sp³-hybridized carbons (Fsp3) is 0.552. The standard InChI is InChI=1S/C29H37N3O5/c1-4-5-9-16-30-17-11-15-29-23(26(35)32(20(2)19-33)24(29)27(30)36)22-25(34)31(21-12-7-6-8-13-21)18-10-14-28(22,3)37-29/h6-8,10-15,20,22-24,33H,4-5,9,16-19H2,1-3H3/t20-,22-,23+,24?,28+,29+/m1/s1. The predicted octanol–water partition coefficient (Wildman–Crippen LogP) is 2.53. The molecule has 37 heavy (non-hydrogen) atoms. The molecule has 0 aliphatic carbocycles. The van der Waals surface area contributed by atoms with Crippen molar-refractivity contribution in [3.8, 4) is 0 Å². The van der Waals surface area contributed by atoms with Gasteiger partial charge in [-0.2, -0.15) is 0 Å². The summed E-state index contributed by atoms with van der Waals surface area (Å²) in [6.45, 7) is 6.79. The third-order valence-corrected chi connectivity index (χ3v) is 8.42. The highest BCUT2D eigenvalue weighted by Crippen LogP contribution is 2.58. The van der Waals surface area contributed by atoms with Gasteiger partial charge in [-0.25, -0.2) is 0 Å². The number of para-hydroxylation sites is 1. The first kappa shape index (κ1) is 25.7. The fourth-order valence-electron chi connectivity index (χ4n) is 6.66. The second-order valence-corrected chi connectivity index (χ2v) is 10.9. The Morgan fingerprint density at radius 3 is 2.43 bits per heavy atom. The van der Waals surface area contributed by atoms with Gasteiger partial charge in [-0.3, -0.25) is 14.4 Å². The van der Waals surface area contributed by atoms with Gasteiger partial charge < -0.3 is 24.5 Å². The van der Waals surface area contributed by atoms with E-state index in [1.165, 1.54) is 4.90 Å². The monoisotopic (exact) mass is 507 g/mol. The van der Waals surface area contributed by atoms with Crippen molar-refractivity contribution in [2.24, 2.45) is 11.8 Å². The lowest BCUT2D eigenvalue weighted by molar-refractivity contribution is -0.153. The highest BCUT2D eigenvalue weighted by molar-refractivity contribution is 6.04. The van der Waals surface area contributed by atoms with Crippen LogP contribution in [0.5, 0.6) is 0 Å². The Hall–Kier alpha value is -2.97. The first-order valence-corrected chi connectivity index (χ1v) is 13.4. The molecule has 1 N–H and O–H groups in total. The molecule has 1 aromatic rings. The Bertz CT molecular complexity index is 1120.